The van der Waals surface area contributed by atoms with Crippen molar-refractivity contribution in [1.29, 1.82) is 0 Å². The van der Waals surface area contributed by atoms with E-state index in [1.807, 2.05) is 0 Å². The second-order valence-electron chi connectivity index (χ2n) is 3.52. The molecule has 6 heteroatoms. The zero-order valence-electron chi connectivity index (χ0n) is 9.11. The summed E-state index contributed by atoms with van der Waals surface area (Å²) >= 11 is 3.21. The molecule has 1 N–H and O–H groups in total. The number of likely N-dealkylation sites (N-methyl/N-ethyl adjacent to an activating group) is 1. The number of nitrogens with zero attached hydrogens (tertiary/aromatic N) is 1. The van der Waals surface area contributed by atoms with E-state index < -0.39 is 11.9 Å². The van der Waals surface area contributed by atoms with Crippen LogP contribution in [0, 0.1) is 5.82 Å². The number of carboxylic acid groups (broad SMARTS) is 1. The molecule has 1 aromatic carbocycles. The molecule has 17 heavy (non-hydrogen) atoms. The van der Waals surface area contributed by atoms with Crippen molar-refractivity contribution in [3.63, 3.8) is 0 Å². The molecule has 0 aliphatic carbocycles. The number of amides is 1. The Morgan fingerprint density at radius 2 is 2.12 bits per heavy atom. The van der Waals surface area contributed by atoms with Crippen LogP contribution >= 0.6 is 15.9 Å². The first-order chi connectivity index (χ1) is 7.91. The van der Waals surface area contributed by atoms with E-state index >= 15 is 0 Å². The molecule has 1 amide bonds. The van der Waals surface area contributed by atoms with Crippen molar-refractivity contribution < 1.29 is 19.1 Å². The highest BCUT2D eigenvalue weighted by Gasteiger charge is 2.17. The lowest BCUT2D eigenvalue weighted by Crippen LogP contribution is -2.34. The quantitative estimate of drug-likeness (QED) is 0.864. The fourth-order valence-electron chi connectivity index (χ4n) is 1.29. The van der Waals surface area contributed by atoms with Crippen LogP contribution in [0.15, 0.2) is 22.7 Å². The number of aliphatic carboxylic acids is 1. The molecule has 0 atom stereocenters. The van der Waals surface area contributed by atoms with E-state index in [-0.39, 0.29) is 18.8 Å². The van der Waals surface area contributed by atoms with E-state index in [2.05, 4.69) is 15.9 Å². The summed E-state index contributed by atoms with van der Waals surface area (Å²) < 4.78 is 14.1. The Hall–Kier alpha value is -1.43. The van der Waals surface area contributed by atoms with Crippen molar-refractivity contribution in [2.75, 3.05) is 13.6 Å². The number of halogens is 2. The minimum atomic E-state index is -1.51. The molecule has 0 aromatic heterocycles. The minimum absolute atomic E-state index is 0.151. The van der Waals surface area contributed by atoms with Gasteiger partial charge in [-0.25, -0.2) is 9.18 Å². The van der Waals surface area contributed by atoms with Crippen LogP contribution in [0.4, 0.5) is 4.39 Å². The lowest BCUT2D eigenvalue weighted by molar-refractivity contribution is -0.155. The van der Waals surface area contributed by atoms with Crippen LogP contribution in [0.3, 0.4) is 0 Å². The Morgan fingerprint density at radius 1 is 1.47 bits per heavy atom. The van der Waals surface area contributed by atoms with Gasteiger partial charge in [0.15, 0.2) is 0 Å². The average molecular weight is 304 g/mol. The van der Waals surface area contributed by atoms with Crippen LogP contribution in [-0.2, 0) is 16.0 Å². The molecule has 1 rings (SSSR count). The molecule has 0 aliphatic heterocycles. The first kappa shape index (κ1) is 13.6. The first-order valence-electron chi connectivity index (χ1n) is 4.84. The molecule has 0 aliphatic rings. The van der Waals surface area contributed by atoms with Crippen molar-refractivity contribution in [3.8, 4) is 0 Å². The number of hydrogen-bond donors (Lipinski definition) is 1. The van der Waals surface area contributed by atoms with Crippen LogP contribution in [0.1, 0.15) is 5.56 Å². The van der Waals surface area contributed by atoms with Gasteiger partial charge in [-0.3, -0.25) is 4.79 Å². The van der Waals surface area contributed by atoms with E-state index in [1.165, 1.54) is 13.1 Å². The third-order valence-corrected chi connectivity index (χ3v) is 2.75. The van der Waals surface area contributed by atoms with E-state index in [9.17, 15) is 14.0 Å². The summed E-state index contributed by atoms with van der Waals surface area (Å²) in [6.07, 6.45) is 0.265. The Balaban J connectivity index is 2.64. The van der Waals surface area contributed by atoms with Gasteiger partial charge < -0.3 is 10.0 Å². The van der Waals surface area contributed by atoms with E-state index in [0.717, 1.165) is 9.37 Å². The summed E-state index contributed by atoms with van der Waals surface area (Å²) in [6.45, 7) is 0.151. The van der Waals surface area contributed by atoms with Gasteiger partial charge in [0.05, 0.1) is 0 Å². The summed E-state index contributed by atoms with van der Waals surface area (Å²) in [5.74, 6) is -2.88. The molecular formula is C11H11BrFNO3. The van der Waals surface area contributed by atoms with Gasteiger partial charge in [0.1, 0.15) is 5.82 Å². The minimum Gasteiger partial charge on any atom is -0.474 e. The zero-order valence-corrected chi connectivity index (χ0v) is 10.7. The fraction of sp³-hybridized carbons (Fsp3) is 0.273. The van der Waals surface area contributed by atoms with Crippen molar-refractivity contribution >= 4 is 27.8 Å². The van der Waals surface area contributed by atoms with Crippen LogP contribution in [-0.4, -0.2) is 35.5 Å². The number of benzene rings is 1. The van der Waals surface area contributed by atoms with Crippen LogP contribution < -0.4 is 0 Å². The molecule has 4 nitrogen and oxygen atoms in total. The first-order valence-corrected chi connectivity index (χ1v) is 5.63. The lowest BCUT2D eigenvalue weighted by Gasteiger charge is -2.14. The number of carbonyl (C=O) groups is 2. The van der Waals surface area contributed by atoms with Crippen LogP contribution in [0.2, 0.25) is 0 Å². The monoisotopic (exact) mass is 303 g/mol. The summed E-state index contributed by atoms with van der Waals surface area (Å²) in [6, 6.07) is 4.50. The Bertz CT molecular complexity index is 450. The molecular weight excluding hydrogens is 293 g/mol. The molecule has 0 bridgehead atoms. The third kappa shape index (κ3) is 3.81. The summed E-state index contributed by atoms with van der Waals surface area (Å²) in [5, 5.41) is 8.48. The molecule has 0 saturated heterocycles. The van der Waals surface area contributed by atoms with Crippen molar-refractivity contribution in [3.05, 3.63) is 34.1 Å². The second-order valence-corrected chi connectivity index (χ2v) is 4.43. The Kier molecular flexibility index (Phi) is 4.62. The topological polar surface area (TPSA) is 57.6 Å². The highest BCUT2D eigenvalue weighted by Crippen LogP contribution is 2.16. The van der Waals surface area contributed by atoms with Crippen LogP contribution in [0.25, 0.3) is 0 Å². The van der Waals surface area contributed by atoms with Gasteiger partial charge in [-0.2, -0.15) is 0 Å². The molecule has 0 radical (unpaired) electrons. The number of rotatable bonds is 3. The van der Waals surface area contributed by atoms with Gasteiger partial charge in [-0.1, -0.05) is 15.9 Å². The summed E-state index contributed by atoms with van der Waals surface area (Å²) in [7, 11) is 1.37. The molecule has 92 valence electrons. The van der Waals surface area contributed by atoms with E-state index in [0.29, 0.717) is 5.56 Å². The maximum Gasteiger partial charge on any atom is 0.394 e. The van der Waals surface area contributed by atoms with Gasteiger partial charge in [-0.15, -0.1) is 0 Å². The van der Waals surface area contributed by atoms with Gasteiger partial charge in [0.2, 0.25) is 0 Å². The van der Waals surface area contributed by atoms with Crippen molar-refractivity contribution in [2.45, 2.75) is 6.42 Å². The smallest absolute Gasteiger partial charge is 0.394 e. The highest BCUT2D eigenvalue weighted by molar-refractivity contribution is 9.10. The maximum atomic E-state index is 13.3. The van der Waals surface area contributed by atoms with Crippen molar-refractivity contribution in [1.82, 2.24) is 4.90 Å². The maximum absolute atomic E-state index is 13.3. The third-order valence-electron chi connectivity index (χ3n) is 2.25. The number of carbonyl (C=O) groups excluding carboxylic acids is 1. The van der Waals surface area contributed by atoms with E-state index in [4.69, 9.17) is 5.11 Å². The standard InChI is InChI=1S/C11H11BrFNO3/c1-14(10(15)11(16)17)5-4-7-6-8(12)2-3-9(7)13/h2-3,6H,4-5H2,1H3,(H,16,17). The molecule has 0 spiro atoms. The second kappa shape index (κ2) is 5.77. The number of carboxylic acids is 1. The Labute approximate surface area is 106 Å². The molecule has 0 unspecified atom stereocenters. The van der Waals surface area contributed by atoms with E-state index in [1.54, 1.807) is 12.1 Å². The van der Waals surface area contributed by atoms with Gasteiger partial charge in [0, 0.05) is 18.1 Å². The lowest BCUT2D eigenvalue weighted by atomic mass is 10.1. The van der Waals surface area contributed by atoms with Gasteiger partial charge in [0.25, 0.3) is 0 Å². The predicted octanol–water partition coefficient (Wildman–Crippen LogP) is 1.67. The van der Waals surface area contributed by atoms with Gasteiger partial charge >= 0.3 is 11.9 Å². The Morgan fingerprint density at radius 3 is 2.71 bits per heavy atom. The molecule has 1 aromatic rings. The van der Waals surface area contributed by atoms with Gasteiger partial charge in [-0.05, 0) is 30.2 Å². The molecule has 0 fully saturated rings. The van der Waals surface area contributed by atoms with Crippen molar-refractivity contribution in [2.24, 2.45) is 0 Å². The SMILES string of the molecule is CN(CCc1cc(Br)ccc1F)C(=O)C(=O)O. The number of hydrogen-bond acceptors (Lipinski definition) is 2. The summed E-state index contributed by atoms with van der Waals surface area (Å²) in [5.41, 5.74) is 0.435. The molecule has 0 heterocycles. The normalized spacial score (nSPS) is 10.1. The summed E-state index contributed by atoms with van der Waals surface area (Å²) in [4.78, 5) is 22.5. The highest BCUT2D eigenvalue weighted by atomic mass is 79.9. The fourth-order valence-corrected chi connectivity index (χ4v) is 1.70. The average Bonchev–Trinajstić information content (AvgIpc) is 2.28. The zero-order chi connectivity index (χ0) is 13.0. The molecule has 0 saturated carbocycles. The predicted molar refractivity (Wildman–Crippen MR) is 63.1 cm³/mol. The largest absolute Gasteiger partial charge is 0.474 e. The van der Waals surface area contributed by atoms with Crippen LogP contribution in [0.5, 0.6) is 0 Å².